The normalized spacial score (nSPS) is 10.5. The number of Topliss-reactive ketones (excluding diaryl/α,β-unsaturated/α-hetero) is 1. The first-order chi connectivity index (χ1) is 9.65. The highest BCUT2D eigenvalue weighted by Gasteiger charge is 2.06. The molecule has 0 unspecified atom stereocenters. The molecule has 1 heterocycles. The van der Waals surface area contributed by atoms with E-state index in [2.05, 4.69) is 4.98 Å². The minimum Gasteiger partial charge on any atom is -0.494 e. The predicted molar refractivity (Wildman–Crippen MR) is 80.7 cm³/mol. The van der Waals surface area contributed by atoms with Crippen LogP contribution < -0.4 is 4.74 Å². The first-order valence-corrected chi connectivity index (χ1v) is 7.09. The maximum absolute atomic E-state index is 11.9. The third-order valence-electron chi connectivity index (χ3n) is 3.03. The second-order valence-electron chi connectivity index (χ2n) is 4.75. The van der Waals surface area contributed by atoms with Gasteiger partial charge in [-0.2, -0.15) is 0 Å². The lowest BCUT2D eigenvalue weighted by Crippen LogP contribution is -2.01. The van der Waals surface area contributed by atoms with Gasteiger partial charge in [0.15, 0.2) is 5.78 Å². The molecule has 1 N–H and O–H groups in total. The zero-order chi connectivity index (χ0) is 14.4. The summed E-state index contributed by atoms with van der Waals surface area (Å²) < 4.78 is 5.58. The first kappa shape index (κ1) is 14.7. The number of hydrogen-bond acceptors (Lipinski definition) is 2. The molecule has 0 amide bonds. The Balaban J connectivity index is 1.64. The van der Waals surface area contributed by atoms with Crippen LogP contribution in [0.15, 0.2) is 36.5 Å². The number of aryl methyl sites for hydroxylation is 1. The van der Waals surface area contributed by atoms with Gasteiger partial charge >= 0.3 is 0 Å². The van der Waals surface area contributed by atoms with Gasteiger partial charge in [-0.25, -0.2) is 0 Å². The van der Waals surface area contributed by atoms with Gasteiger partial charge < -0.3 is 9.72 Å². The second kappa shape index (κ2) is 7.15. The SMILES string of the molecule is Cc1cc(C(=O)CCCCOc2ccc(Cl)cc2)c[nH]1. The summed E-state index contributed by atoms with van der Waals surface area (Å²) in [5, 5.41) is 0.699. The number of unbranched alkanes of at least 4 members (excludes halogenated alkanes) is 1. The molecule has 1 aromatic carbocycles. The summed E-state index contributed by atoms with van der Waals surface area (Å²) in [5.41, 5.74) is 1.78. The number of carbonyl (C=O) groups excluding carboxylic acids is 1. The maximum Gasteiger partial charge on any atom is 0.164 e. The van der Waals surface area contributed by atoms with Crippen LogP contribution >= 0.6 is 11.6 Å². The Labute approximate surface area is 123 Å². The summed E-state index contributed by atoms with van der Waals surface area (Å²) >= 11 is 5.79. The Kier molecular flexibility index (Phi) is 5.24. The van der Waals surface area contributed by atoms with Crippen LogP contribution in [0.1, 0.15) is 35.3 Å². The van der Waals surface area contributed by atoms with E-state index >= 15 is 0 Å². The van der Waals surface area contributed by atoms with E-state index in [4.69, 9.17) is 16.3 Å². The van der Waals surface area contributed by atoms with E-state index in [1.54, 1.807) is 18.3 Å². The number of nitrogens with one attached hydrogen (secondary N) is 1. The summed E-state index contributed by atoms with van der Waals surface area (Å²) in [6.07, 6.45) is 4.01. The summed E-state index contributed by atoms with van der Waals surface area (Å²) in [4.78, 5) is 14.9. The Morgan fingerprint density at radius 1 is 1.25 bits per heavy atom. The molecule has 0 aliphatic heterocycles. The molecule has 0 spiro atoms. The van der Waals surface area contributed by atoms with Crippen molar-refractivity contribution >= 4 is 17.4 Å². The lowest BCUT2D eigenvalue weighted by molar-refractivity contribution is 0.0978. The van der Waals surface area contributed by atoms with E-state index in [1.807, 2.05) is 25.1 Å². The van der Waals surface area contributed by atoms with E-state index in [0.29, 0.717) is 18.1 Å². The molecule has 2 rings (SSSR count). The van der Waals surface area contributed by atoms with Crippen molar-refractivity contribution in [3.05, 3.63) is 52.8 Å². The minimum absolute atomic E-state index is 0.181. The van der Waals surface area contributed by atoms with Crippen molar-refractivity contribution < 1.29 is 9.53 Å². The van der Waals surface area contributed by atoms with Crippen molar-refractivity contribution in [1.82, 2.24) is 4.98 Å². The van der Waals surface area contributed by atoms with E-state index in [9.17, 15) is 4.79 Å². The molecule has 0 radical (unpaired) electrons. The first-order valence-electron chi connectivity index (χ1n) is 6.72. The number of ether oxygens (including phenoxy) is 1. The zero-order valence-corrected chi connectivity index (χ0v) is 12.2. The van der Waals surface area contributed by atoms with Crippen molar-refractivity contribution in [2.75, 3.05) is 6.61 Å². The number of benzene rings is 1. The number of H-pyrrole nitrogens is 1. The fourth-order valence-corrected chi connectivity index (χ4v) is 2.05. The molecule has 0 aliphatic rings. The zero-order valence-electron chi connectivity index (χ0n) is 11.5. The molecule has 0 bridgehead atoms. The van der Waals surface area contributed by atoms with Crippen LogP contribution in [-0.4, -0.2) is 17.4 Å². The van der Waals surface area contributed by atoms with Crippen molar-refractivity contribution in [3.63, 3.8) is 0 Å². The topological polar surface area (TPSA) is 42.1 Å². The highest BCUT2D eigenvalue weighted by molar-refractivity contribution is 6.30. The highest BCUT2D eigenvalue weighted by atomic mass is 35.5. The predicted octanol–water partition coefficient (Wildman–Crippen LogP) is 4.41. The van der Waals surface area contributed by atoms with E-state index < -0.39 is 0 Å². The molecule has 3 nitrogen and oxygen atoms in total. The summed E-state index contributed by atoms with van der Waals surface area (Å²) in [7, 11) is 0. The van der Waals surface area contributed by atoms with Crippen LogP contribution in [0.5, 0.6) is 5.75 Å². The molecule has 0 fully saturated rings. The van der Waals surface area contributed by atoms with Gasteiger partial charge in [0.25, 0.3) is 0 Å². The Bertz CT molecular complexity index is 560. The van der Waals surface area contributed by atoms with Gasteiger partial charge in [0.05, 0.1) is 6.61 Å². The van der Waals surface area contributed by atoms with Crippen molar-refractivity contribution in [3.8, 4) is 5.75 Å². The molecule has 106 valence electrons. The van der Waals surface area contributed by atoms with Crippen LogP contribution in [0.3, 0.4) is 0 Å². The molecule has 0 saturated carbocycles. The van der Waals surface area contributed by atoms with Gasteiger partial charge in [0, 0.05) is 28.9 Å². The van der Waals surface area contributed by atoms with Crippen LogP contribution in [0.2, 0.25) is 5.02 Å². The Morgan fingerprint density at radius 3 is 2.65 bits per heavy atom. The standard InChI is InChI=1S/C16H18ClNO2/c1-12-10-13(11-18-12)16(19)4-2-3-9-20-15-7-5-14(17)6-8-15/h5-8,10-11,18H,2-4,9H2,1H3. The number of carbonyl (C=O) groups is 1. The Morgan fingerprint density at radius 2 is 2.00 bits per heavy atom. The molecule has 4 heteroatoms. The molecule has 2 aromatic rings. The smallest absolute Gasteiger partial charge is 0.164 e. The largest absolute Gasteiger partial charge is 0.494 e. The quantitative estimate of drug-likeness (QED) is 0.606. The highest BCUT2D eigenvalue weighted by Crippen LogP contribution is 2.16. The van der Waals surface area contributed by atoms with Crippen molar-refractivity contribution in [1.29, 1.82) is 0 Å². The number of hydrogen-bond donors (Lipinski definition) is 1. The van der Waals surface area contributed by atoms with Gasteiger partial charge in [-0.15, -0.1) is 0 Å². The van der Waals surface area contributed by atoms with Crippen LogP contribution in [0.25, 0.3) is 0 Å². The molecule has 0 atom stereocenters. The van der Waals surface area contributed by atoms with Gasteiger partial charge in [-0.1, -0.05) is 11.6 Å². The van der Waals surface area contributed by atoms with E-state index in [0.717, 1.165) is 29.8 Å². The van der Waals surface area contributed by atoms with Crippen molar-refractivity contribution in [2.45, 2.75) is 26.2 Å². The van der Waals surface area contributed by atoms with Crippen LogP contribution in [-0.2, 0) is 0 Å². The van der Waals surface area contributed by atoms with Gasteiger partial charge in [-0.05, 0) is 50.1 Å². The lowest BCUT2D eigenvalue weighted by atomic mass is 10.1. The van der Waals surface area contributed by atoms with E-state index in [-0.39, 0.29) is 5.78 Å². The molecule has 0 aliphatic carbocycles. The monoisotopic (exact) mass is 291 g/mol. The Hall–Kier alpha value is -1.74. The molecule has 0 saturated heterocycles. The fraction of sp³-hybridized carbons (Fsp3) is 0.312. The van der Waals surface area contributed by atoms with Crippen molar-refractivity contribution in [2.24, 2.45) is 0 Å². The number of aromatic nitrogens is 1. The third kappa shape index (κ3) is 4.42. The number of ketones is 1. The van der Waals surface area contributed by atoms with Gasteiger partial charge in [0.1, 0.15) is 5.75 Å². The third-order valence-corrected chi connectivity index (χ3v) is 3.28. The number of halogens is 1. The summed E-state index contributed by atoms with van der Waals surface area (Å²) in [6, 6.07) is 9.17. The second-order valence-corrected chi connectivity index (χ2v) is 5.19. The summed E-state index contributed by atoms with van der Waals surface area (Å²) in [6.45, 7) is 2.55. The average molecular weight is 292 g/mol. The number of rotatable bonds is 7. The summed E-state index contributed by atoms with van der Waals surface area (Å²) in [5.74, 6) is 0.989. The van der Waals surface area contributed by atoms with Crippen LogP contribution in [0, 0.1) is 6.92 Å². The van der Waals surface area contributed by atoms with Gasteiger partial charge in [-0.3, -0.25) is 4.79 Å². The molecular weight excluding hydrogens is 274 g/mol. The fourth-order valence-electron chi connectivity index (χ4n) is 1.92. The van der Waals surface area contributed by atoms with Crippen LogP contribution in [0.4, 0.5) is 0 Å². The lowest BCUT2D eigenvalue weighted by Gasteiger charge is -2.05. The minimum atomic E-state index is 0.181. The molecule has 1 aromatic heterocycles. The molecule has 20 heavy (non-hydrogen) atoms. The maximum atomic E-state index is 11.9. The average Bonchev–Trinajstić information content (AvgIpc) is 2.87. The molecular formula is C16H18ClNO2. The van der Waals surface area contributed by atoms with E-state index in [1.165, 1.54) is 0 Å². The van der Waals surface area contributed by atoms with Gasteiger partial charge in [0.2, 0.25) is 0 Å². The number of aromatic amines is 1.